The van der Waals surface area contributed by atoms with Gasteiger partial charge in [-0.15, -0.1) is 10.2 Å². The monoisotopic (exact) mass is 818 g/mol. The van der Waals surface area contributed by atoms with Gasteiger partial charge in [-0.3, -0.25) is 24.6 Å². The van der Waals surface area contributed by atoms with Crippen molar-refractivity contribution in [2.75, 3.05) is 54.4 Å². The summed E-state index contributed by atoms with van der Waals surface area (Å²) in [4.78, 5) is 45.7. The van der Waals surface area contributed by atoms with Crippen molar-refractivity contribution in [2.45, 2.75) is 82.6 Å². The number of carbonyl (C=O) groups excluding carboxylic acids is 3. The number of nitrogens with zero attached hydrogens (tertiary/aromatic N) is 6. The number of ether oxygens (including phenoxy) is 1. The zero-order valence-corrected chi connectivity index (χ0v) is 33.5. The fourth-order valence-corrected chi connectivity index (χ4v) is 10.3. The number of carbonyl (C=O) groups is 3. The molecule has 0 radical (unpaired) electrons. The van der Waals surface area contributed by atoms with Crippen LogP contribution in [0.25, 0.3) is 11.3 Å². The van der Waals surface area contributed by atoms with Gasteiger partial charge in [-0.2, -0.15) is 0 Å². The number of benzene rings is 3. The summed E-state index contributed by atoms with van der Waals surface area (Å²) in [5, 5.41) is 24.8. The first-order valence-electron chi connectivity index (χ1n) is 21.0. The van der Waals surface area contributed by atoms with Crippen LogP contribution in [0.3, 0.4) is 0 Å². The number of amides is 3. The molecule has 1 aromatic heterocycles. The topological polar surface area (TPSA) is 143 Å². The number of piperidine rings is 2. The Morgan fingerprint density at radius 3 is 2.57 bits per heavy atom. The maximum Gasteiger partial charge on any atom is 0.263 e. The molecule has 7 heterocycles. The molecule has 60 heavy (non-hydrogen) atoms. The number of anilines is 3. The normalized spacial score (nSPS) is 24.2. The van der Waals surface area contributed by atoms with E-state index >= 15 is 8.78 Å². The maximum absolute atomic E-state index is 15.0. The van der Waals surface area contributed by atoms with Crippen LogP contribution in [-0.2, 0) is 29.1 Å². The lowest BCUT2D eigenvalue weighted by atomic mass is 9.93. The Morgan fingerprint density at radius 2 is 1.75 bits per heavy atom. The van der Waals surface area contributed by atoms with E-state index in [1.807, 2.05) is 24.3 Å². The number of aryl methyl sites for hydroxylation is 1. The third kappa shape index (κ3) is 6.76. The van der Waals surface area contributed by atoms with Crippen molar-refractivity contribution in [1.29, 1.82) is 0 Å². The van der Waals surface area contributed by atoms with Crippen molar-refractivity contribution >= 4 is 34.9 Å². The first-order valence-corrected chi connectivity index (χ1v) is 21.0. The van der Waals surface area contributed by atoms with Gasteiger partial charge in [0.1, 0.15) is 29.2 Å². The van der Waals surface area contributed by atoms with Crippen LogP contribution in [-0.4, -0.2) is 106 Å². The number of imide groups is 1. The predicted molar refractivity (Wildman–Crippen MR) is 220 cm³/mol. The Morgan fingerprint density at radius 1 is 0.917 bits per heavy atom. The van der Waals surface area contributed by atoms with Crippen molar-refractivity contribution in [3.63, 3.8) is 0 Å². The molecule has 3 atom stereocenters. The number of halogens is 2. The molecule has 3 aromatic carbocycles. The van der Waals surface area contributed by atoms with E-state index in [1.54, 1.807) is 34.9 Å². The van der Waals surface area contributed by atoms with Crippen LogP contribution < -0.4 is 25.2 Å². The van der Waals surface area contributed by atoms with Gasteiger partial charge in [0.15, 0.2) is 5.82 Å². The minimum absolute atomic E-state index is 0.0162. The average molecular weight is 819 g/mol. The first-order chi connectivity index (χ1) is 29.0. The summed E-state index contributed by atoms with van der Waals surface area (Å²) in [5.74, 6) is 0.930. The molecule has 3 saturated heterocycles. The van der Waals surface area contributed by atoms with Crippen LogP contribution in [0.15, 0.2) is 60.7 Å². The lowest BCUT2D eigenvalue weighted by Crippen LogP contribution is -2.57. The van der Waals surface area contributed by atoms with Crippen LogP contribution in [0.1, 0.15) is 64.7 Å². The third-order valence-corrected chi connectivity index (χ3v) is 13.6. The Hall–Kier alpha value is -5.83. The first kappa shape index (κ1) is 38.4. The van der Waals surface area contributed by atoms with E-state index in [9.17, 15) is 19.5 Å². The fourth-order valence-electron chi connectivity index (χ4n) is 10.3. The number of para-hydroxylation sites is 1. The summed E-state index contributed by atoms with van der Waals surface area (Å²) in [7, 11) is 0. The van der Waals surface area contributed by atoms with Crippen LogP contribution in [0.4, 0.5) is 26.0 Å². The molecule has 0 saturated carbocycles. The van der Waals surface area contributed by atoms with Crippen molar-refractivity contribution in [3.05, 3.63) is 88.5 Å². The zero-order valence-electron chi connectivity index (χ0n) is 33.5. The second-order valence-electron chi connectivity index (χ2n) is 17.3. The van der Waals surface area contributed by atoms with Crippen molar-refractivity contribution in [2.24, 2.45) is 5.92 Å². The number of phenols is 1. The molecule has 6 aliphatic rings. The molecule has 15 heteroatoms. The number of aromatic nitrogens is 2. The van der Waals surface area contributed by atoms with E-state index in [2.05, 4.69) is 48.8 Å². The molecule has 0 unspecified atom stereocenters. The van der Waals surface area contributed by atoms with Gasteiger partial charge in [0.2, 0.25) is 11.8 Å². The van der Waals surface area contributed by atoms with E-state index in [1.165, 1.54) is 11.1 Å². The highest BCUT2D eigenvalue weighted by molar-refractivity contribution is 6.05. The average Bonchev–Trinajstić information content (AvgIpc) is 3.79. The lowest BCUT2D eigenvalue weighted by Gasteiger charge is -2.43. The highest BCUT2D eigenvalue weighted by Gasteiger charge is 2.56. The van der Waals surface area contributed by atoms with E-state index in [0.29, 0.717) is 58.5 Å². The smallest absolute Gasteiger partial charge is 0.263 e. The molecule has 3 fully saturated rings. The molecule has 3 amide bonds. The molecular weight excluding hydrogens is 771 g/mol. The predicted octanol–water partition coefficient (Wildman–Crippen LogP) is 5.28. The summed E-state index contributed by atoms with van der Waals surface area (Å²) in [6, 6.07) is 18.7. The Kier molecular flexibility index (Phi) is 9.60. The molecular formula is C45H48F2N8O5. The minimum atomic E-state index is -2.64. The van der Waals surface area contributed by atoms with Crippen LogP contribution >= 0.6 is 0 Å². The van der Waals surface area contributed by atoms with Gasteiger partial charge in [0, 0.05) is 75.5 Å². The second-order valence-corrected chi connectivity index (χ2v) is 17.3. The minimum Gasteiger partial charge on any atom is -0.507 e. The number of nitrogens with one attached hydrogen (secondary N) is 2. The van der Waals surface area contributed by atoms with Crippen LogP contribution in [0.2, 0.25) is 0 Å². The molecule has 0 aliphatic carbocycles. The number of aromatic hydroxyl groups is 1. The van der Waals surface area contributed by atoms with Crippen LogP contribution in [0.5, 0.6) is 11.5 Å². The largest absolute Gasteiger partial charge is 0.507 e. The number of rotatable bonds is 8. The van der Waals surface area contributed by atoms with E-state index in [-0.39, 0.29) is 43.5 Å². The number of hydrogen-bond acceptors (Lipinski definition) is 11. The van der Waals surface area contributed by atoms with Gasteiger partial charge in [0.25, 0.3) is 12.3 Å². The number of phenolic OH excluding ortho intramolecular Hbond substituents is 1. The molecule has 0 spiro atoms. The lowest BCUT2D eigenvalue weighted by molar-refractivity contribution is -0.136. The highest BCUT2D eigenvalue weighted by atomic mass is 19.3. The summed E-state index contributed by atoms with van der Waals surface area (Å²) >= 11 is 0. The molecule has 13 nitrogen and oxygen atoms in total. The number of fused-ring (bicyclic) bond motifs is 5. The summed E-state index contributed by atoms with van der Waals surface area (Å²) < 4.78 is 36.6. The summed E-state index contributed by atoms with van der Waals surface area (Å²) in [6.07, 6.45) is 0.600. The van der Waals surface area contributed by atoms with Crippen molar-refractivity contribution in [1.82, 2.24) is 25.3 Å². The zero-order chi connectivity index (χ0) is 41.3. The SMILES string of the molecule is Cc1cccc(-c2cc3c(nn2)NC[C@@]2(C(F)F)C[C@@H](Oc4ccc5c(c4)CCN(CC4CCN(c6ccc7c(c6)C(=O)N([C@H]6CCC(=O)NC6=O)C7)CC4)C5)CN32)c1O. The van der Waals surface area contributed by atoms with Gasteiger partial charge < -0.3 is 29.9 Å². The van der Waals surface area contributed by atoms with Gasteiger partial charge in [-0.1, -0.05) is 24.3 Å². The molecule has 0 bridgehead atoms. The Balaban J connectivity index is 0.747. The van der Waals surface area contributed by atoms with Gasteiger partial charge in [-0.05, 0) is 97.2 Å². The van der Waals surface area contributed by atoms with E-state index in [0.717, 1.165) is 63.2 Å². The van der Waals surface area contributed by atoms with Crippen molar-refractivity contribution in [3.8, 4) is 22.8 Å². The molecule has 4 aromatic rings. The van der Waals surface area contributed by atoms with Crippen LogP contribution in [0, 0.1) is 12.8 Å². The second kappa shape index (κ2) is 15.0. The maximum atomic E-state index is 15.0. The molecule has 312 valence electrons. The van der Waals surface area contributed by atoms with Gasteiger partial charge >= 0.3 is 0 Å². The quantitative estimate of drug-likeness (QED) is 0.200. The Bertz CT molecular complexity index is 2390. The third-order valence-electron chi connectivity index (χ3n) is 13.6. The van der Waals surface area contributed by atoms with E-state index in [4.69, 9.17) is 4.74 Å². The Labute approximate surface area is 346 Å². The molecule has 6 aliphatic heterocycles. The fraction of sp³-hybridized carbons (Fsp3) is 0.444. The summed E-state index contributed by atoms with van der Waals surface area (Å²) in [6.45, 7) is 7.05. The van der Waals surface area contributed by atoms with E-state index < -0.39 is 30.0 Å². The van der Waals surface area contributed by atoms with Crippen molar-refractivity contribution < 1.29 is 33.0 Å². The van der Waals surface area contributed by atoms with Gasteiger partial charge in [-0.25, -0.2) is 8.78 Å². The van der Waals surface area contributed by atoms with Gasteiger partial charge in [0.05, 0.1) is 17.9 Å². The molecule has 3 N–H and O–H groups in total. The molecule has 10 rings (SSSR count). The standard InChI is InChI=1S/C45H48F2N8O5/c1-26-3-2-4-34(40(26)57)36-19-38-41(51-50-36)48-25-45(44(46)47)20-33(24-55(38)45)60-32-8-6-29-22-52(14-13-28(29)17-32)21-27-11-15-53(16-12-27)31-7-5-30-23-54(43(59)35(30)18-31)37-9-10-39(56)49-42(37)58/h2-8,17-19,27,33,37,44,57H,9-16,20-25H2,1H3,(H,48,51)(H,49,56,58)/t33-,37+,45-/m1/s1. The number of alkyl halides is 2. The summed E-state index contributed by atoms with van der Waals surface area (Å²) in [5.41, 5.74) is 5.72. The highest BCUT2D eigenvalue weighted by Crippen LogP contribution is 2.47. The number of hydrogen-bond donors (Lipinski definition) is 3.